The molecule has 29 heavy (non-hydrogen) atoms. The van der Waals surface area contributed by atoms with Crippen molar-refractivity contribution in [2.24, 2.45) is 4.99 Å². The van der Waals surface area contributed by atoms with Gasteiger partial charge in [0.1, 0.15) is 35.1 Å². The minimum absolute atomic E-state index is 0.0106. The molecule has 3 rings (SSSR count). The molecule has 0 aliphatic carbocycles. The zero-order valence-electron chi connectivity index (χ0n) is 15.8. The third-order valence-corrected chi connectivity index (χ3v) is 4.83. The summed E-state index contributed by atoms with van der Waals surface area (Å²) in [4.78, 5) is 8.72. The van der Waals surface area contributed by atoms with Crippen LogP contribution >= 0.6 is 11.6 Å². The molecule has 0 amide bonds. The third-order valence-electron chi connectivity index (χ3n) is 4.53. The number of ether oxygens (including phenoxy) is 1. The molecule has 2 atom stereocenters. The van der Waals surface area contributed by atoms with Crippen molar-refractivity contribution in [1.29, 1.82) is 10.5 Å². The Hall–Kier alpha value is -3.69. The van der Waals surface area contributed by atoms with Crippen LogP contribution in [0.1, 0.15) is 43.0 Å². The number of benzene rings is 1. The number of fused-ring (bicyclic) bond motifs is 1. The number of aliphatic imine (C=N–C) groups is 1. The molecule has 1 aliphatic heterocycles. The first-order chi connectivity index (χ1) is 13.9. The number of anilines is 3. The van der Waals surface area contributed by atoms with Gasteiger partial charge in [0.05, 0.1) is 16.8 Å². The van der Waals surface area contributed by atoms with Crippen molar-refractivity contribution in [3.05, 3.63) is 39.9 Å². The van der Waals surface area contributed by atoms with E-state index in [1.165, 1.54) is 0 Å². The number of guanidine groups is 1. The maximum atomic E-state index is 9.38. The lowest BCUT2D eigenvalue weighted by atomic mass is 9.95. The summed E-state index contributed by atoms with van der Waals surface area (Å²) in [5.41, 5.74) is 13.5. The van der Waals surface area contributed by atoms with E-state index in [2.05, 4.69) is 20.6 Å². The van der Waals surface area contributed by atoms with Crippen LogP contribution in [0.5, 0.6) is 5.75 Å². The smallest absolute Gasteiger partial charge is 0.211 e. The normalized spacial score (nSPS) is 15.8. The summed E-state index contributed by atoms with van der Waals surface area (Å²) in [6, 6.07) is 6.59. The van der Waals surface area contributed by atoms with Crippen LogP contribution in [-0.2, 0) is 0 Å². The summed E-state index contributed by atoms with van der Waals surface area (Å²) < 4.78 is 5.81. The summed E-state index contributed by atoms with van der Waals surface area (Å²) in [5, 5.41) is 24.1. The predicted molar refractivity (Wildman–Crippen MR) is 111 cm³/mol. The van der Waals surface area contributed by atoms with Gasteiger partial charge >= 0.3 is 0 Å². The summed E-state index contributed by atoms with van der Waals surface area (Å²) in [7, 11) is 0. The highest BCUT2D eigenvalue weighted by Crippen LogP contribution is 2.42. The van der Waals surface area contributed by atoms with Gasteiger partial charge in [-0.15, -0.1) is 0 Å². The van der Waals surface area contributed by atoms with Crippen molar-refractivity contribution >= 4 is 34.9 Å². The van der Waals surface area contributed by atoms with E-state index >= 15 is 0 Å². The maximum absolute atomic E-state index is 9.38. The first-order valence-corrected chi connectivity index (χ1v) is 9.22. The Bertz CT molecular complexity index is 1070. The van der Waals surface area contributed by atoms with Crippen molar-refractivity contribution < 1.29 is 4.74 Å². The summed E-state index contributed by atoms with van der Waals surface area (Å²) >= 11 is 6.42. The van der Waals surface area contributed by atoms with Gasteiger partial charge in [-0.05, 0) is 31.0 Å². The number of nitrogens with one attached hydrogen (secondary N) is 2. The van der Waals surface area contributed by atoms with Crippen LogP contribution in [0.3, 0.4) is 0 Å². The van der Waals surface area contributed by atoms with E-state index in [0.29, 0.717) is 27.7 Å². The number of hydrogen-bond donors (Lipinski definition) is 4. The summed E-state index contributed by atoms with van der Waals surface area (Å²) in [5.74, 6) is 1.04. The molecule has 0 fully saturated rings. The summed E-state index contributed by atoms with van der Waals surface area (Å²) in [6.45, 7) is 3.98. The van der Waals surface area contributed by atoms with Crippen LogP contribution in [-0.4, -0.2) is 17.0 Å². The molecule has 1 aliphatic rings. The maximum Gasteiger partial charge on any atom is 0.211 e. The van der Waals surface area contributed by atoms with E-state index in [4.69, 9.17) is 33.1 Å². The lowest BCUT2D eigenvalue weighted by Gasteiger charge is -2.26. The molecule has 2 aromatic rings. The third kappa shape index (κ3) is 3.82. The van der Waals surface area contributed by atoms with Gasteiger partial charge in [-0.3, -0.25) is 5.32 Å². The first kappa shape index (κ1) is 20.1. The van der Waals surface area contributed by atoms with Crippen LogP contribution in [0.4, 0.5) is 17.3 Å². The van der Waals surface area contributed by atoms with Crippen molar-refractivity contribution in [3.63, 3.8) is 0 Å². The van der Waals surface area contributed by atoms with Crippen LogP contribution in [0, 0.1) is 22.8 Å². The van der Waals surface area contributed by atoms with Crippen molar-refractivity contribution in [1.82, 2.24) is 10.3 Å². The van der Waals surface area contributed by atoms with Gasteiger partial charge in [0.15, 0.2) is 6.19 Å². The molecule has 0 bridgehead atoms. The van der Waals surface area contributed by atoms with Crippen LogP contribution < -0.4 is 26.8 Å². The SMILES string of the molecule is CCC(C)Oc1ccc(C2N=C(NC#N)Nc3nc(N)c(C#N)c(N)c32)cc1Cl. The molecule has 10 heteroatoms. The molecule has 2 unspecified atom stereocenters. The molecular formula is C19H19ClN8O. The van der Waals surface area contributed by atoms with Crippen LogP contribution in [0.15, 0.2) is 23.2 Å². The topological polar surface area (TPSA) is 158 Å². The monoisotopic (exact) mass is 410 g/mol. The fourth-order valence-corrected chi connectivity index (χ4v) is 3.14. The minimum atomic E-state index is -0.655. The molecular weight excluding hydrogens is 392 g/mol. The largest absolute Gasteiger partial charge is 0.489 e. The van der Waals surface area contributed by atoms with E-state index in [1.807, 2.05) is 26.1 Å². The Morgan fingerprint density at radius 2 is 2.14 bits per heavy atom. The molecule has 0 radical (unpaired) electrons. The second-order valence-electron chi connectivity index (χ2n) is 6.43. The van der Waals surface area contributed by atoms with E-state index in [9.17, 15) is 5.26 Å². The van der Waals surface area contributed by atoms with Gasteiger partial charge in [0, 0.05) is 5.56 Å². The van der Waals surface area contributed by atoms with Crippen molar-refractivity contribution in [3.8, 4) is 18.0 Å². The first-order valence-electron chi connectivity index (χ1n) is 8.84. The number of nitrogen functional groups attached to an aromatic ring is 2. The average Bonchev–Trinajstić information content (AvgIpc) is 2.69. The Morgan fingerprint density at radius 3 is 2.76 bits per heavy atom. The number of nitriles is 2. The highest BCUT2D eigenvalue weighted by atomic mass is 35.5. The number of rotatable bonds is 4. The highest BCUT2D eigenvalue weighted by Gasteiger charge is 2.30. The van der Waals surface area contributed by atoms with Crippen molar-refractivity contribution in [2.75, 3.05) is 16.8 Å². The molecule has 0 spiro atoms. The standard InChI is InChI=1S/C19H19ClN8O/c1-3-9(2)29-13-5-4-10(6-12(13)20)16-14-15(23)11(7-21)17(24)27-18(14)28-19(26-16)25-8-22/h4-6,9,16H,3H2,1-2H3,(H6,23,24,25,26,27,28). The number of hydrogen-bond acceptors (Lipinski definition) is 9. The van der Waals surface area contributed by atoms with E-state index < -0.39 is 6.04 Å². The van der Waals surface area contributed by atoms with E-state index in [1.54, 1.807) is 18.2 Å². The highest BCUT2D eigenvalue weighted by molar-refractivity contribution is 6.32. The van der Waals surface area contributed by atoms with E-state index in [-0.39, 0.29) is 29.1 Å². The fourth-order valence-electron chi connectivity index (χ4n) is 2.90. The number of nitrogens with zero attached hydrogens (tertiary/aromatic N) is 4. The van der Waals surface area contributed by atoms with E-state index in [0.717, 1.165) is 6.42 Å². The Morgan fingerprint density at radius 1 is 1.38 bits per heavy atom. The Labute approximate surface area is 172 Å². The van der Waals surface area contributed by atoms with Gasteiger partial charge in [-0.25, -0.2) is 9.98 Å². The second kappa shape index (κ2) is 8.13. The molecule has 0 saturated heterocycles. The Kier molecular flexibility index (Phi) is 5.62. The molecule has 0 saturated carbocycles. The molecule has 2 heterocycles. The second-order valence-corrected chi connectivity index (χ2v) is 6.84. The van der Waals surface area contributed by atoms with Gasteiger partial charge in [-0.2, -0.15) is 10.5 Å². The number of nitrogens with two attached hydrogens (primary N) is 2. The van der Waals surface area contributed by atoms with Crippen molar-refractivity contribution in [2.45, 2.75) is 32.4 Å². The molecule has 9 nitrogen and oxygen atoms in total. The minimum Gasteiger partial charge on any atom is -0.489 e. The predicted octanol–water partition coefficient (Wildman–Crippen LogP) is 2.89. The lowest BCUT2D eigenvalue weighted by molar-refractivity contribution is 0.217. The Balaban J connectivity index is 2.13. The molecule has 1 aromatic heterocycles. The van der Waals surface area contributed by atoms with Gasteiger partial charge in [-0.1, -0.05) is 24.6 Å². The lowest BCUT2D eigenvalue weighted by Crippen LogP contribution is -2.32. The number of aromatic nitrogens is 1. The summed E-state index contributed by atoms with van der Waals surface area (Å²) in [6.07, 6.45) is 2.67. The molecule has 6 N–H and O–H groups in total. The molecule has 148 valence electrons. The molecule has 1 aromatic carbocycles. The van der Waals surface area contributed by atoms with Crippen LogP contribution in [0.25, 0.3) is 0 Å². The van der Waals surface area contributed by atoms with Gasteiger partial charge in [0.25, 0.3) is 0 Å². The zero-order valence-corrected chi connectivity index (χ0v) is 16.6. The van der Waals surface area contributed by atoms with Gasteiger partial charge < -0.3 is 21.5 Å². The average molecular weight is 411 g/mol. The van der Waals surface area contributed by atoms with Gasteiger partial charge in [0.2, 0.25) is 5.96 Å². The zero-order chi connectivity index (χ0) is 21.1. The van der Waals surface area contributed by atoms with Crippen LogP contribution in [0.2, 0.25) is 5.02 Å². The number of halogens is 1. The fraction of sp³-hybridized carbons (Fsp3) is 0.263. The quantitative estimate of drug-likeness (QED) is 0.442. The number of pyridine rings is 1.